The van der Waals surface area contributed by atoms with E-state index in [0.29, 0.717) is 17.3 Å². The van der Waals surface area contributed by atoms with Gasteiger partial charge in [-0.2, -0.15) is 9.36 Å². The van der Waals surface area contributed by atoms with Crippen molar-refractivity contribution in [1.29, 1.82) is 0 Å². The van der Waals surface area contributed by atoms with Crippen molar-refractivity contribution in [2.24, 2.45) is 5.16 Å². The number of β-lactam (4-membered cyclic amide) rings is 1. The van der Waals surface area contributed by atoms with Gasteiger partial charge in [0.25, 0.3) is 11.8 Å². The molecule has 5 heterocycles. The SMILES string of the molecule is CN1CCN(CCCn2nnnc2SCC2=C(C(=O)O)N3C(=O)C(NC(=O)C(=NOCC(=O)O)c4nsc(N)n4)[C@@H]3SC2)CC1. The standard InChI is InChI=1S/C23H30N12O7S3/c1-32-5-7-33(8-6-32)3-2-4-34-23(27-30-31-34)44-11-12-10-43-20-15(19(39)35(20)16(12)21(40)41)25-18(38)14(28-42-9-13(36)37)17-26-22(24)45-29-17/h15,20H,2-11H2,1H3,(H,25,38)(H,36,37)(H,40,41)(H2,24,26,29)/t15?,20-/m0/s1. The highest BCUT2D eigenvalue weighted by Crippen LogP contribution is 2.41. The number of carboxylic acids is 2. The number of tetrazole rings is 1. The van der Waals surface area contributed by atoms with Crippen LogP contribution in [-0.4, -0.2) is 153 Å². The lowest BCUT2D eigenvalue weighted by molar-refractivity contribution is -0.150. The number of anilines is 1. The normalized spacial score (nSPS) is 21.0. The Bertz CT molecular complexity index is 1510. The van der Waals surface area contributed by atoms with Crippen LogP contribution in [0, 0.1) is 0 Å². The summed E-state index contributed by atoms with van der Waals surface area (Å²) >= 11 is 3.36. The lowest BCUT2D eigenvalue weighted by atomic mass is 10.0. The zero-order valence-corrected chi connectivity index (χ0v) is 26.4. The van der Waals surface area contributed by atoms with Crippen LogP contribution < -0.4 is 11.1 Å². The van der Waals surface area contributed by atoms with E-state index in [1.165, 1.54) is 23.5 Å². The minimum Gasteiger partial charge on any atom is -0.479 e. The Morgan fingerprint density at radius 3 is 2.67 bits per heavy atom. The molecule has 45 heavy (non-hydrogen) atoms. The summed E-state index contributed by atoms with van der Waals surface area (Å²) in [6.07, 6.45) is 0.863. The van der Waals surface area contributed by atoms with Crippen molar-refractivity contribution in [1.82, 2.24) is 49.6 Å². The van der Waals surface area contributed by atoms with E-state index in [4.69, 9.17) is 15.7 Å². The Morgan fingerprint density at radius 1 is 1.20 bits per heavy atom. The van der Waals surface area contributed by atoms with Crippen LogP contribution in [0.25, 0.3) is 0 Å². The van der Waals surface area contributed by atoms with Gasteiger partial charge in [0.1, 0.15) is 17.1 Å². The third-order valence-electron chi connectivity index (χ3n) is 7.06. The first-order valence-electron chi connectivity index (χ1n) is 13.6. The number of nitrogens with one attached hydrogen (secondary N) is 1. The minimum atomic E-state index is -1.33. The molecule has 5 N–H and O–H groups in total. The van der Waals surface area contributed by atoms with Crippen LogP contribution in [0.3, 0.4) is 0 Å². The molecule has 2 aromatic rings. The van der Waals surface area contributed by atoms with Gasteiger partial charge in [-0.3, -0.25) is 14.5 Å². The number of oxime groups is 1. The van der Waals surface area contributed by atoms with Crippen LogP contribution in [-0.2, 0) is 30.6 Å². The first-order valence-corrected chi connectivity index (χ1v) is 16.4. The largest absolute Gasteiger partial charge is 0.479 e. The molecule has 3 aliphatic heterocycles. The number of likely N-dealkylation sites (N-methyl/N-ethyl adjacent to an activating group) is 1. The number of carbonyl (C=O) groups is 4. The van der Waals surface area contributed by atoms with Gasteiger partial charge < -0.3 is 35.9 Å². The maximum Gasteiger partial charge on any atom is 0.352 e. The molecule has 0 aromatic carbocycles. The van der Waals surface area contributed by atoms with Gasteiger partial charge in [-0.25, -0.2) is 14.3 Å². The number of nitrogens with two attached hydrogens (primary N) is 1. The molecule has 0 bridgehead atoms. The molecule has 2 amide bonds. The summed E-state index contributed by atoms with van der Waals surface area (Å²) < 4.78 is 5.60. The number of carboxylic acid groups (broad SMARTS) is 2. The number of fused-ring (bicyclic) bond motifs is 1. The number of aliphatic carboxylic acids is 2. The Balaban J connectivity index is 1.20. The van der Waals surface area contributed by atoms with Crippen molar-refractivity contribution in [2.75, 3.05) is 63.6 Å². The first kappa shape index (κ1) is 32.5. The van der Waals surface area contributed by atoms with E-state index in [2.05, 4.69) is 52.2 Å². The third kappa shape index (κ3) is 7.69. The number of nitrogen functional groups attached to an aromatic ring is 1. The molecule has 0 spiro atoms. The second-order valence-corrected chi connectivity index (χ2v) is 13.0. The molecule has 2 aromatic heterocycles. The molecule has 0 radical (unpaired) electrons. The summed E-state index contributed by atoms with van der Waals surface area (Å²) in [6, 6.07) is -1.08. The fourth-order valence-electron chi connectivity index (χ4n) is 4.78. The summed E-state index contributed by atoms with van der Waals surface area (Å²) in [4.78, 5) is 63.8. The summed E-state index contributed by atoms with van der Waals surface area (Å²) in [5.74, 6) is -3.83. The Morgan fingerprint density at radius 2 is 1.98 bits per heavy atom. The smallest absolute Gasteiger partial charge is 0.352 e. The quantitative estimate of drug-likeness (QED) is 0.0734. The van der Waals surface area contributed by atoms with Gasteiger partial charge in [0.2, 0.25) is 23.3 Å². The molecule has 1 unspecified atom stereocenters. The molecule has 19 nitrogen and oxygen atoms in total. The first-order chi connectivity index (χ1) is 21.6. The fourth-order valence-corrected chi connectivity index (χ4v) is 7.60. The molecule has 22 heteroatoms. The molecule has 5 rings (SSSR count). The molecule has 242 valence electrons. The predicted molar refractivity (Wildman–Crippen MR) is 161 cm³/mol. The number of carbonyl (C=O) groups excluding carboxylic acids is 2. The van der Waals surface area contributed by atoms with Crippen LogP contribution in [0.15, 0.2) is 21.6 Å². The van der Waals surface area contributed by atoms with Crippen molar-refractivity contribution in [3.63, 3.8) is 0 Å². The Labute approximate surface area is 268 Å². The van der Waals surface area contributed by atoms with Crippen molar-refractivity contribution in [3.8, 4) is 0 Å². The van der Waals surface area contributed by atoms with E-state index < -0.39 is 47.5 Å². The van der Waals surface area contributed by atoms with E-state index in [1.54, 1.807) is 4.68 Å². The van der Waals surface area contributed by atoms with E-state index in [1.807, 2.05) is 0 Å². The molecule has 2 fully saturated rings. The highest BCUT2D eigenvalue weighted by molar-refractivity contribution is 8.01. The minimum absolute atomic E-state index is 0.0267. The van der Waals surface area contributed by atoms with Crippen LogP contribution in [0.1, 0.15) is 12.2 Å². The van der Waals surface area contributed by atoms with Gasteiger partial charge in [0, 0.05) is 62.3 Å². The van der Waals surface area contributed by atoms with E-state index in [9.17, 15) is 24.3 Å². The highest BCUT2D eigenvalue weighted by Gasteiger charge is 2.54. The molecule has 3 aliphatic rings. The number of nitrogens with zero attached hydrogens (tertiary/aromatic N) is 10. The molecule has 0 saturated carbocycles. The van der Waals surface area contributed by atoms with Crippen LogP contribution in [0.4, 0.5) is 5.13 Å². The zero-order valence-electron chi connectivity index (χ0n) is 23.9. The number of hydrogen-bond acceptors (Lipinski definition) is 17. The monoisotopic (exact) mass is 682 g/mol. The number of hydrogen-bond donors (Lipinski definition) is 4. The van der Waals surface area contributed by atoms with Gasteiger partial charge in [-0.15, -0.1) is 16.9 Å². The average molecular weight is 683 g/mol. The summed E-state index contributed by atoms with van der Waals surface area (Å²) in [5, 5.41) is 36.7. The van der Waals surface area contributed by atoms with Crippen LogP contribution >= 0.6 is 35.1 Å². The lowest BCUT2D eigenvalue weighted by Crippen LogP contribution is -2.71. The maximum atomic E-state index is 13.2. The number of aromatic nitrogens is 6. The number of amides is 2. The number of aryl methyl sites for hydroxylation is 1. The fraction of sp³-hybridized carbons (Fsp3) is 0.565. The molecular weight excluding hydrogens is 653 g/mol. The van der Waals surface area contributed by atoms with Crippen molar-refractivity contribution in [3.05, 3.63) is 17.1 Å². The summed E-state index contributed by atoms with van der Waals surface area (Å²) in [5.41, 5.74) is 5.48. The number of thioether (sulfide) groups is 2. The topological polar surface area (TPSA) is 247 Å². The summed E-state index contributed by atoms with van der Waals surface area (Å²) in [7, 11) is 2.11. The van der Waals surface area contributed by atoms with Crippen molar-refractivity contribution >= 4 is 69.7 Å². The van der Waals surface area contributed by atoms with Gasteiger partial charge in [0.15, 0.2) is 5.13 Å². The Hall–Kier alpha value is -3.86. The molecule has 2 saturated heterocycles. The van der Waals surface area contributed by atoms with Crippen LogP contribution in [0.5, 0.6) is 0 Å². The Kier molecular flexibility index (Phi) is 10.5. The lowest BCUT2D eigenvalue weighted by Gasteiger charge is -2.49. The van der Waals surface area contributed by atoms with Crippen molar-refractivity contribution < 1.29 is 34.2 Å². The molecular formula is C23H30N12O7S3. The predicted octanol–water partition coefficient (Wildman–Crippen LogP) is -1.92. The number of rotatable bonds is 14. The van der Waals surface area contributed by atoms with E-state index in [-0.39, 0.29) is 28.2 Å². The second kappa shape index (κ2) is 14.5. The van der Waals surface area contributed by atoms with Gasteiger partial charge >= 0.3 is 11.9 Å². The van der Waals surface area contributed by atoms with Gasteiger partial charge in [-0.1, -0.05) is 16.9 Å². The second-order valence-electron chi connectivity index (χ2n) is 10.2. The zero-order chi connectivity index (χ0) is 32.1. The summed E-state index contributed by atoms with van der Waals surface area (Å²) in [6.45, 7) is 4.83. The van der Waals surface area contributed by atoms with E-state index >= 15 is 0 Å². The molecule has 2 atom stereocenters. The highest BCUT2D eigenvalue weighted by atomic mass is 32.2. The third-order valence-corrected chi connectivity index (χ3v) is 9.99. The number of piperazine rings is 1. The van der Waals surface area contributed by atoms with E-state index in [0.717, 1.165) is 55.6 Å². The maximum absolute atomic E-state index is 13.2. The van der Waals surface area contributed by atoms with Crippen molar-refractivity contribution in [2.45, 2.75) is 29.5 Å². The van der Waals surface area contributed by atoms with Gasteiger partial charge in [-0.05, 0) is 29.5 Å². The molecule has 0 aliphatic carbocycles. The average Bonchev–Trinajstić information content (AvgIpc) is 3.65. The van der Waals surface area contributed by atoms with Gasteiger partial charge in [0.05, 0.1) is 0 Å². The van der Waals surface area contributed by atoms with Crippen LogP contribution in [0.2, 0.25) is 0 Å².